The summed E-state index contributed by atoms with van der Waals surface area (Å²) in [6.07, 6.45) is 3.28. The maximum atomic E-state index is 12.6. The van der Waals surface area contributed by atoms with Crippen molar-refractivity contribution in [2.75, 3.05) is 30.4 Å². The summed E-state index contributed by atoms with van der Waals surface area (Å²) in [7, 11) is 0. The minimum atomic E-state index is -0.297. The smallest absolute Gasteiger partial charge is 0.225 e. The van der Waals surface area contributed by atoms with Gasteiger partial charge in [-0.25, -0.2) is 9.37 Å². The van der Waals surface area contributed by atoms with Gasteiger partial charge in [-0.15, -0.1) is 0 Å². The Kier molecular flexibility index (Phi) is 4.24. The molecule has 2 heterocycles. The first-order valence-electron chi connectivity index (χ1n) is 7.87. The summed E-state index contributed by atoms with van der Waals surface area (Å²) in [5.41, 5.74) is 2.25. The van der Waals surface area contributed by atoms with Gasteiger partial charge in [0.15, 0.2) is 0 Å². The summed E-state index contributed by atoms with van der Waals surface area (Å²) in [5, 5.41) is 6.80. The number of hydrogen-bond acceptors (Lipinski definition) is 5. The first kappa shape index (κ1) is 14.5. The topological polar surface area (TPSA) is 53.1 Å². The van der Waals surface area contributed by atoms with Crippen LogP contribution >= 0.6 is 0 Å². The fraction of sp³-hybridized carbons (Fsp3) is 0.733. The van der Waals surface area contributed by atoms with Gasteiger partial charge in [0, 0.05) is 43.7 Å². The molecule has 1 aliphatic heterocycles. The van der Waals surface area contributed by atoms with E-state index in [1.54, 1.807) is 0 Å². The second kappa shape index (κ2) is 6.13. The third kappa shape index (κ3) is 3.61. The molecule has 6 heteroatoms. The van der Waals surface area contributed by atoms with Crippen molar-refractivity contribution in [1.82, 2.24) is 14.9 Å². The Balaban J connectivity index is 1.86. The first-order valence-corrected chi connectivity index (χ1v) is 7.87. The van der Waals surface area contributed by atoms with Gasteiger partial charge >= 0.3 is 0 Å². The van der Waals surface area contributed by atoms with Gasteiger partial charge in [-0.2, -0.15) is 4.98 Å². The van der Waals surface area contributed by atoms with Gasteiger partial charge in [-0.1, -0.05) is 0 Å². The molecule has 2 N–H and O–H groups in total. The van der Waals surface area contributed by atoms with Crippen LogP contribution in [0.25, 0.3) is 0 Å². The highest BCUT2D eigenvalue weighted by molar-refractivity contribution is 5.53. The monoisotopic (exact) mass is 293 g/mol. The van der Waals surface area contributed by atoms with Crippen molar-refractivity contribution in [1.29, 1.82) is 0 Å². The van der Waals surface area contributed by atoms with E-state index in [2.05, 4.69) is 39.3 Å². The molecule has 0 aromatic carbocycles. The minimum Gasteiger partial charge on any atom is -0.367 e. The van der Waals surface area contributed by atoms with Gasteiger partial charge in [0.2, 0.25) is 5.95 Å². The Hall–Kier alpha value is -1.43. The van der Waals surface area contributed by atoms with Crippen LogP contribution < -0.4 is 10.6 Å². The molecule has 3 rings (SSSR count). The highest BCUT2D eigenvalue weighted by Crippen LogP contribution is 2.30. The Morgan fingerprint density at radius 1 is 1.33 bits per heavy atom. The Morgan fingerprint density at radius 2 is 2.14 bits per heavy atom. The molecule has 1 aromatic rings. The molecule has 1 fully saturated rings. The Morgan fingerprint density at radius 3 is 2.81 bits per heavy atom. The zero-order valence-electron chi connectivity index (χ0n) is 12.8. The number of nitrogens with one attached hydrogen (secondary N) is 2. The van der Waals surface area contributed by atoms with Crippen LogP contribution in [0.2, 0.25) is 0 Å². The molecule has 116 valence electrons. The number of alkyl halides is 1. The maximum Gasteiger partial charge on any atom is 0.225 e. The lowest BCUT2D eigenvalue weighted by Gasteiger charge is -2.29. The number of rotatable bonds is 6. The molecule has 2 aliphatic rings. The fourth-order valence-electron chi connectivity index (χ4n) is 2.64. The molecule has 0 atom stereocenters. The molecular formula is C15H24FN5. The summed E-state index contributed by atoms with van der Waals surface area (Å²) in [4.78, 5) is 11.4. The number of nitrogens with zero attached hydrogens (tertiary/aromatic N) is 3. The normalized spacial score (nSPS) is 18.7. The van der Waals surface area contributed by atoms with Crippen molar-refractivity contribution in [2.45, 2.75) is 51.7 Å². The molecule has 1 aromatic heterocycles. The maximum absolute atomic E-state index is 12.6. The van der Waals surface area contributed by atoms with Crippen LogP contribution in [0.15, 0.2) is 0 Å². The standard InChI is InChI=1S/C15H24FN5/c1-10(2)17-15-19-13-5-7-21(8-6-16)9-12(13)14(20-15)18-11-3-4-11/h10-11H,3-9H2,1-2H3,(H2,17,18,19,20). The van der Waals surface area contributed by atoms with Gasteiger partial charge in [-0.3, -0.25) is 4.90 Å². The van der Waals surface area contributed by atoms with Gasteiger partial charge in [-0.05, 0) is 26.7 Å². The van der Waals surface area contributed by atoms with Crippen molar-refractivity contribution in [3.05, 3.63) is 11.3 Å². The summed E-state index contributed by atoms with van der Waals surface area (Å²) in [6.45, 7) is 5.98. The quantitative estimate of drug-likeness (QED) is 0.842. The molecular weight excluding hydrogens is 269 g/mol. The van der Waals surface area contributed by atoms with Crippen LogP contribution in [-0.4, -0.2) is 46.7 Å². The molecule has 0 radical (unpaired) electrons. The predicted molar refractivity (Wildman–Crippen MR) is 82.4 cm³/mol. The number of aromatic nitrogens is 2. The lowest BCUT2D eigenvalue weighted by Crippen LogP contribution is -2.34. The molecule has 0 saturated heterocycles. The van der Waals surface area contributed by atoms with Crippen LogP contribution in [0.1, 0.15) is 37.9 Å². The van der Waals surface area contributed by atoms with E-state index in [0.717, 1.165) is 36.6 Å². The second-order valence-corrected chi connectivity index (χ2v) is 6.25. The molecule has 1 saturated carbocycles. The number of halogens is 1. The SMILES string of the molecule is CC(C)Nc1nc2c(c(NC3CC3)n1)CN(CCF)CC2. The fourth-order valence-corrected chi connectivity index (χ4v) is 2.64. The minimum absolute atomic E-state index is 0.297. The van der Waals surface area contributed by atoms with E-state index in [4.69, 9.17) is 0 Å². The van der Waals surface area contributed by atoms with E-state index in [0.29, 0.717) is 24.6 Å². The van der Waals surface area contributed by atoms with Crippen LogP contribution in [0.3, 0.4) is 0 Å². The molecule has 21 heavy (non-hydrogen) atoms. The Labute approximate surface area is 125 Å². The zero-order chi connectivity index (χ0) is 14.8. The van der Waals surface area contributed by atoms with Crippen molar-refractivity contribution >= 4 is 11.8 Å². The van der Waals surface area contributed by atoms with E-state index in [1.165, 1.54) is 12.8 Å². The van der Waals surface area contributed by atoms with E-state index >= 15 is 0 Å². The largest absolute Gasteiger partial charge is 0.367 e. The molecule has 0 unspecified atom stereocenters. The number of hydrogen-bond donors (Lipinski definition) is 2. The molecule has 0 amide bonds. The van der Waals surface area contributed by atoms with Gasteiger partial charge in [0.05, 0.1) is 5.69 Å². The second-order valence-electron chi connectivity index (χ2n) is 6.25. The summed E-state index contributed by atoms with van der Waals surface area (Å²) in [6, 6.07) is 0.857. The number of fused-ring (bicyclic) bond motifs is 1. The first-order chi connectivity index (χ1) is 10.2. The average molecular weight is 293 g/mol. The van der Waals surface area contributed by atoms with Crippen LogP contribution in [0, 0.1) is 0 Å². The lowest BCUT2D eigenvalue weighted by molar-refractivity contribution is 0.229. The highest BCUT2D eigenvalue weighted by Gasteiger charge is 2.27. The molecule has 1 aliphatic carbocycles. The highest BCUT2D eigenvalue weighted by atomic mass is 19.1. The summed E-state index contributed by atoms with van der Waals surface area (Å²) >= 11 is 0. The Bertz CT molecular complexity index is 501. The van der Waals surface area contributed by atoms with Gasteiger partial charge < -0.3 is 10.6 Å². The lowest BCUT2D eigenvalue weighted by atomic mass is 10.1. The molecule has 0 spiro atoms. The van der Waals surface area contributed by atoms with Crippen molar-refractivity contribution in [3.63, 3.8) is 0 Å². The van der Waals surface area contributed by atoms with E-state index in [1.807, 2.05) is 0 Å². The van der Waals surface area contributed by atoms with Crippen LogP contribution in [0.5, 0.6) is 0 Å². The summed E-state index contributed by atoms with van der Waals surface area (Å²) in [5.74, 6) is 1.64. The van der Waals surface area contributed by atoms with Gasteiger partial charge in [0.25, 0.3) is 0 Å². The van der Waals surface area contributed by atoms with E-state index < -0.39 is 0 Å². The van der Waals surface area contributed by atoms with Crippen LogP contribution in [0.4, 0.5) is 16.2 Å². The molecule has 0 bridgehead atoms. The summed E-state index contributed by atoms with van der Waals surface area (Å²) < 4.78 is 12.6. The van der Waals surface area contributed by atoms with Crippen molar-refractivity contribution in [3.8, 4) is 0 Å². The van der Waals surface area contributed by atoms with Crippen LogP contribution in [-0.2, 0) is 13.0 Å². The van der Waals surface area contributed by atoms with Crippen molar-refractivity contribution in [2.24, 2.45) is 0 Å². The van der Waals surface area contributed by atoms with Crippen molar-refractivity contribution < 1.29 is 4.39 Å². The third-order valence-corrected chi connectivity index (χ3v) is 3.88. The average Bonchev–Trinajstić information content (AvgIpc) is 3.23. The number of anilines is 2. The van der Waals surface area contributed by atoms with Gasteiger partial charge in [0.1, 0.15) is 12.5 Å². The predicted octanol–water partition coefficient (Wildman–Crippen LogP) is 2.20. The van der Waals surface area contributed by atoms with E-state index in [9.17, 15) is 4.39 Å². The zero-order valence-corrected chi connectivity index (χ0v) is 12.8. The third-order valence-electron chi connectivity index (χ3n) is 3.88. The van der Waals surface area contributed by atoms with E-state index in [-0.39, 0.29) is 6.67 Å². The molecule has 5 nitrogen and oxygen atoms in total.